The van der Waals surface area contributed by atoms with Crippen molar-refractivity contribution in [2.45, 2.75) is 12.5 Å². The quantitative estimate of drug-likeness (QED) is 0.775. The van der Waals surface area contributed by atoms with Crippen LogP contribution in [0.3, 0.4) is 0 Å². The first kappa shape index (κ1) is 12.6. The molecule has 0 spiro atoms. The first-order valence-electron chi connectivity index (χ1n) is 6.17. The summed E-state index contributed by atoms with van der Waals surface area (Å²) in [6, 6.07) is 10.7. The maximum Gasteiger partial charge on any atom is 0.220 e. The highest BCUT2D eigenvalue weighted by atomic mass is 16.3. The van der Waals surface area contributed by atoms with Crippen LogP contribution in [0, 0.1) is 6.92 Å². The summed E-state index contributed by atoms with van der Waals surface area (Å²) < 4.78 is 0. The molecular weight excluding hydrogens is 256 g/mol. The van der Waals surface area contributed by atoms with E-state index in [2.05, 4.69) is 0 Å². The molecule has 3 rings (SSSR count). The highest BCUT2D eigenvalue weighted by Gasteiger charge is 2.54. The third-order valence-corrected chi connectivity index (χ3v) is 3.62. The van der Waals surface area contributed by atoms with Crippen molar-refractivity contribution < 1.29 is 19.8 Å². The number of hydrogen-bond acceptors (Lipinski definition) is 4. The summed E-state index contributed by atoms with van der Waals surface area (Å²) in [5.74, 6) is -1.66. The zero-order chi connectivity index (χ0) is 14.5. The molecule has 20 heavy (non-hydrogen) atoms. The SMILES string of the molecule is Cc1ccc(O)c(C2(O)C(=O)c3ccccc3C2=O)c1. The molecule has 4 nitrogen and oxygen atoms in total. The summed E-state index contributed by atoms with van der Waals surface area (Å²) in [5.41, 5.74) is -1.30. The molecule has 1 aliphatic rings. The van der Waals surface area contributed by atoms with Gasteiger partial charge >= 0.3 is 0 Å². The molecule has 100 valence electrons. The summed E-state index contributed by atoms with van der Waals surface area (Å²) in [4.78, 5) is 24.8. The number of ketones is 2. The van der Waals surface area contributed by atoms with Crippen molar-refractivity contribution in [3.8, 4) is 5.75 Å². The molecule has 0 saturated heterocycles. The van der Waals surface area contributed by atoms with Crippen LogP contribution >= 0.6 is 0 Å². The number of fused-ring (bicyclic) bond motifs is 1. The minimum Gasteiger partial charge on any atom is -0.508 e. The summed E-state index contributed by atoms with van der Waals surface area (Å²) in [6.45, 7) is 1.75. The first-order chi connectivity index (χ1) is 9.46. The monoisotopic (exact) mass is 268 g/mol. The van der Waals surface area contributed by atoms with Crippen molar-refractivity contribution in [3.63, 3.8) is 0 Å². The second-order valence-corrected chi connectivity index (χ2v) is 4.93. The average Bonchev–Trinajstić information content (AvgIpc) is 2.65. The lowest BCUT2D eigenvalue weighted by Crippen LogP contribution is -2.38. The van der Waals surface area contributed by atoms with E-state index in [0.29, 0.717) is 0 Å². The molecule has 2 aromatic carbocycles. The Hall–Kier alpha value is -2.46. The second kappa shape index (κ2) is 4.02. The molecule has 0 radical (unpaired) electrons. The van der Waals surface area contributed by atoms with Gasteiger partial charge in [-0.3, -0.25) is 9.59 Å². The molecule has 1 aliphatic carbocycles. The minimum absolute atomic E-state index is 0.0660. The van der Waals surface area contributed by atoms with Gasteiger partial charge in [0.25, 0.3) is 0 Å². The molecule has 0 unspecified atom stereocenters. The lowest BCUT2D eigenvalue weighted by Gasteiger charge is -2.21. The van der Waals surface area contributed by atoms with Gasteiger partial charge in [-0.1, -0.05) is 35.9 Å². The predicted molar refractivity (Wildman–Crippen MR) is 71.8 cm³/mol. The van der Waals surface area contributed by atoms with Crippen LogP contribution in [-0.2, 0) is 5.60 Å². The van der Waals surface area contributed by atoms with Crippen molar-refractivity contribution >= 4 is 11.6 Å². The van der Waals surface area contributed by atoms with Gasteiger partial charge in [-0.25, -0.2) is 0 Å². The number of aromatic hydroxyl groups is 1. The van der Waals surface area contributed by atoms with Crippen molar-refractivity contribution in [3.05, 3.63) is 64.7 Å². The van der Waals surface area contributed by atoms with Gasteiger partial charge in [-0.05, 0) is 19.1 Å². The molecule has 2 aromatic rings. The minimum atomic E-state index is -2.33. The van der Waals surface area contributed by atoms with E-state index in [0.717, 1.165) is 5.56 Å². The molecule has 0 heterocycles. The highest BCUT2D eigenvalue weighted by molar-refractivity contribution is 6.32. The van der Waals surface area contributed by atoms with Gasteiger partial charge in [0.15, 0.2) is 0 Å². The molecule has 0 atom stereocenters. The van der Waals surface area contributed by atoms with Gasteiger partial charge < -0.3 is 10.2 Å². The smallest absolute Gasteiger partial charge is 0.220 e. The van der Waals surface area contributed by atoms with E-state index in [4.69, 9.17) is 0 Å². The number of aliphatic hydroxyl groups is 1. The van der Waals surface area contributed by atoms with Gasteiger partial charge in [0.05, 0.1) is 0 Å². The normalized spacial score (nSPS) is 16.3. The largest absolute Gasteiger partial charge is 0.508 e. The van der Waals surface area contributed by atoms with Crippen molar-refractivity contribution in [2.75, 3.05) is 0 Å². The standard InChI is InChI=1S/C16H12O4/c1-9-6-7-13(17)12(8-9)16(20)14(18)10-4-2-3-5-11(10)15(16)19/h2-8,17,20H,1H3. The van der Waals surface area contributed by atoms with E-state index in [1.54, 1.807) is 25.1 Å². The zero-order valence-electron chi connectivity index (χ0n) is 10.8. The molecule has 0 aliphatic heterocycles. The zero-order valence-corrected chi connectivity index (χ0v) is 10.8. The van der Waals surface area contributed by atoms with E-state index < -0.39 is 17.2 Å². The molecule has 0 bridgehead atoms. The topological polar surface area (TPSA) is 74.6 Å². The van der Waals surface area contributed by atoms with Gasteiger partial charge in [-0.2, -0.15) is 0 Å². The fourth-order valence-corrected chi connectivity index (χ4v) is 2.56. The van der Waals surface area contributed by atoms with Gasteiger partial charge in [0.2, 0.25) is 17.2 Å². The van der Waals surface area contributed by atoms with Crippen LogP contribution in [0.5, 0.6) is 5.75 Å². The van der Waals surface area contributed by atoms with Crippen LogP contribution in [-0.4, -0.2) is 21.8 Å². The Morgan fingerprint density at radius 2 is 1.50 bits per heavy atom. The maximum absolute atomic E-state index is 12.4. The molecule has 4 heteroatoms. The number of hydrogen-bond donors (Lipinski definition) is 2. The molecule has 0 aromatic heterocycles. The molecule has 2 N–H and O–H groups in total. The van der Waals surface area contributed by atoms with Gasteiger partial charge in [-0.15, -0.1) is 0 Å². The Kier molecular flexibility index (Phi) is 2.52. The number of phenols is 1. The number of Topliss-reactive ketones (excluding diaryl/α,β-unsaturated/α-hetero) is 2. The van der Waals surface area contributed by atoms with Crippen molar-refractivity contribution in [2.24, 2.45) is 0 Å². The third kappa shape index (κ3) is 1.45. The van der Waals surface area contributed by atoms with Crippen molar-refractivity contribution in [1.29, 1.82) is 0 Å². The van der Waals surface area contributed by atoms with E-state index in [1.807, 2.05) is 0 Å². The Bertz CT molecular complexity index is 711. The fourth-order valence-electron chi connectivity index (χ4n) is 2.56. The van der Waals surface area contributed by atoms with E-state index in [9.17, 15) is 19.8 Å². The van der Waals surface area contributed by atoms with Crippen LogP contribution in [0.4, 0.5) is 0 Å². The number of rotatable bonds is 1. The summed E-state index contributed by atoms with van der Waals surface area (Å²) in [5, 5.41) is 20.6. The fraction of sp³-hybridized carbons (Fsp3) is 0.125. The number of carbonyl (C=O) groups excluding carboxylic acids is 2. The van der Waals surface area contributed by atoms with Crippen LogP contribution in [0.1, 0.15) is 31.8 Å². The first-order valence-corrected chi connectivity index (χ1v) is 6.17. The average molecular weight is 268 g/mol. The van der Waals surface area contributed by atoms with Crippen LogP contribution < -0.4 is 0 Å². The van der Waals surface area contributed by atoms with E-state index in [1.165, 1.54) is 24.3 Å². The van der Waals surface area contributed by atoms with Crippen LogP contribution in [0.25, 0.3) is 0 Å². The molecule has 0 amide bonds. The number of benzene rings is 2. The van der Waals surface area contributed by atoms with Crippen LogP contribution in [0.2, 0.25) is 0 Å². The Morgan fingerprint density at radius 3 is 2.05 bits per heavy atom. The molecule has 0 saturated carbocycles. The number of phenolic OH excluding ortho intramolecular Hbond substituents is 1. The number of aryl methyl sites for hydroxylation is 1. The van der Waals surface area contributed by atoms with E-state index in [-0.39, 0.29) is 22.4 Å². The van der Waals surface area contributed by atoms with Crippen LogP contribution in [0.15, 0.2) is 42.5 Å². The Balaban J connectivity index is 2.27. The maximum atomic E-state index is 12.4. The predicted octanol–water partition coefficient (Wildman–Crippen LogP) is 1.97. The third-order valence-electron chi connectivity index (χ3n) is 3.62. The van der Waals surface area contributed by atoms with Gasteiger partial charge in [0.1, 0.15) is 5.75 Å². The lowest BCUT2D eigenvalue weighted by molar-refractivity contribution is 0.0312. The number of carbonyl (C=O) groups is 2. The van der Waals surface area contributed by atoms with Gasteiger partial charge in [0, 0.05) is 16.7 Å². The Morgan fingerprint density at radius 1 is 0.950 bits per heavy atom. The molecular formula is C16H12O4. The Labute approximate surface area is 115 Å². The summed E-state index contributed by atoms with van der Waals surface area (Å²) in [6.07, 6.45) is 0. The second-order valence-electron chi connectivity index (χ2n) is 4.93. The van der Waals surface area contributed by atoms with Crippen molar-refractivity contribution in [1.82, 2.24) is 0 Å². The van der Waals surface area contributed by atoms with E-state index >= 15 is 0 Å². The summed E-state index contributed by atoms with van der Waals surface area (Å²) in [7, 11) is 0. The summed E-state index contributed by atoms with van der Waals surface area (Å²) >= 11 is 0. The molecule has 0 fully saturated rings. The lowest BCUT2D eigenvalue weighted by atomic mass is 9.87. The highest BCUT2D eigenvalue weighted by Crippen LogP contribution is 2.41.